The highest BCUT2D eigenvalue weighted by Gasteiger charge is 2.56. The fourth-order valence-electron chi connectivity index (χ4n) is 3.93. The van der Waals surface area contributed by atoms with E-state index >= 15 is 0 Å². The molecule has 2 aliphatic heterocycles. The van der Waals surface area contributed by atoms with Gasteiger partial charge in [-0.1, -0.05) is 53.8 Å². The Morgan fingerprint density at radius 1 is 0.921 bits per heavy atom. The van der Waals surface area contributed by atoms with Crippen molar-refractivity contribution in [1.82, 2.24) is 4.90 Å². The van der Waals surface area contributed by atoms with Gasteiger partial charge in [-0.25, -0.2) is 0 Å². The molecule has 0 N–H and O–H groups in total. The molecular weight excluding hydrogens is 538 g/mol. The maximum Gasteiger partial charge on any atom is 0.303 e. The van der Waals surface area contributed by atoms with Crippen LogP contribution >= 0.6 is 24.0 Å². The average Bonchev–Trinajstić information content (AvgIpc) is 3.08. The Hall–Kier alpha value is -3.29. The Balaban J connectivity index is 2.04. The monoisotopic (exact) mass is 565 g/mol. The molecule has 204 valence electrons. The molecule has 1 aromatic carbocycles. The number of hydrogen-bond donors (Lipinski definition) is 0. The minimum atomic E-state index is -1.43. The molecule has 11 nitrogen and oxygen atoms in total. The first-order chi connectivity index (χ1) is 17.9. The van der Waals surface area contributed by atoms with Crippen LogP contribution in [0.25, 0.3) is 6.08 Å². The van der Waals surface area contributed by atoms with Gasteiger partial charge in [0.25, 0.3) is 5.91 Å². The largest absolute Gasteiger partial charge is 0.463 e. The second-order valence-corrected chi connectivity index (χ2v) is 10.2. The lowest BCUT2D eigenvalue weighted by molar-refractivity contribution is -0.268. The molecule has 0 unspecified atom stereocenters. The lowest BCUT2D eigenvalue weighted by atomic mass is 9.96. The zero-order chi connectivity index (χ0) is 28.1. The molecule has 0 bridgehead atoms. The molecule has 1 amide bonds. The molecule has 0 aliphatic carbocycles. The topological polar surface area (TPSA) is 135 Å². The molecule has 0 radical (unpaired) electrons. The van der Waals surface area contributed by atoms with E-state index in [9.17, 15) is 24.0 Å². The number of nitrogens with zero attached hydrogens (tertiary/aromatic N) is 1. The number of thiocarbonyl (C=S) groups is 1. The zero-order valence-electron chi connectivity index (χ0n) is 21.3. The van der Waals surface area contributed by atoms with Gasteiger partial charge in [0.1, 0.15) is 12.7 Å². The summed E-state index contributed by atoms with van der Waals surface area (Å²) in [6.07, 6.45) is -5.12. The standard InChI is InChI=1S/C25H27NO10S2/c1-12-6-8-17(9-7-12)10-19-23(31)26(25(37)38-19)24-22(35-16(5)30)21(34-15(4)29)20(33-14(3)28)18(36-24)11-32-13(2)27/h6-10,18,20-22,24H,11H2,1-5H3/b19-10+/t18-,20-,21+,22-,24-/m1/s1. The van der Waals surface area contributed by atoms with Gasteiger partial charge in [-0.3, -0.25) is 28.9 Å². The van der Waals surface area contributed by atoms with Gasteiger partial charge < -0.3 is 23.7 Å². The van der Waals surface area contributed by atoms with Gasteiger partial charge in [-0.15, -0.1) is 0 Å². The molecule has 0 saturated carbocycles. The van der Waals surface area contributed by atoms with Crippen LogP contribution in [0.2, 0.25) is 0 Å². The van der Waals surface area contributed by atoms with E-state index in [2.05, 4.69) is 0 Å². The van der Waals surface area contributed by atoms with Crippen LogP contribution in [0.15, 0.2) is 29.2 Å². The van der Waals surface area contributed by atoms with Crippen LogP contribution in [0.5, 0.6) is 0 Å². The molecule has 0 spiro atoms. The van der Waals surface area contributed by atoms with Crippen molar-refractivity contribution in [3.05, 3.63) is 40.3 Å². The second-order valence-electron chi connectivity index (χ2n) is 8.55. The Morgan fingerprint density at radius 3 is 2.03 bits per heavy atom. The SMILES string of the molecule is CC(=O)OC[C@H]1O[C@@H](N2C(=O)/C(=C\c3ccc(C)cc3)SC2=S)[C@H](OC(C)=O)[C@@H](OC(C)=O)[C@@H]1OC(C)=O. The van der Waals surface area contributed by atoms with Crippen molar-refractivity contribution < 1.29 is 47.7 Å². The maximum atomic E-state index is 13.5. The highest BCUT2D eigenvalue weighted by Crippen LogP contribution is 2.39. The van der Waals surface area contributed by atoms with Crippen LogP contribution < -0.4 is 0 Å². The number of benzene rings is 1. The third kappa shape index (κ3) is 7.17. The maximum absolute atomic E-state index is 13.5. The summed E-state index contributed by atoms with van der Waals surface area (Å²) in [6.45, 7) is 6.05. The van der Waals surface area contributed by atoms with Gasteiger partial charge in [0.2, 0.25) is 0 Å². The van der Waals surface area contributed by atoms with Crippen LogP contribution in [-0.4, -0.2) is 76.3 Å². The summed E-state index contributed by atoms with van der Waals surface area (Å²) < 4.78 is 27.5. The average molecular weight is 566 g/mol. The van der Waals surface area contributed by atoms with Crippen LogP contribution in [0, 0.1) is 6.92 Å². The van der Waals surface area contributed by atoms with E-state index in [-0.39, 0.29) is 9.23 Å². The Bertz CT molecular complexity index is 1170. The van der Waals surface area contributed by atoms with Crippen molar-refractivity contribution in [2.24, 2.45) is 0 Å². The quantitative estimate of drug-likeness (QED) is 0.208. The van der Waals surface area contributed by atoms with E-state index in [1.807, 2.05) is 31.2 Å². The number of amides is 1. The van der Waals surface area contributed by atoms with E-state index in [4.69, 9.17) is 35.9 Å². The first-order valence-electron chi connectivity index (χ1n) is 11.5. The molecule has 38 heavy (non-hydrogen) atoms. The van der Waals surface area contributed by atoms with Gasteiger partial charge in [0.15, 0.2) is 28.9 Å². The van der Waals surface area contributed by atoms with E-state index < -0.39 is 67.0 Å². The van der Waals surface area contributed by atoms with Crippen LogP contribution in [-0.2, 0) is 47.7 Å². The smallest absolute Gasteiger partial charge is 0.303 e. The lowest BCUT2D eigenvalue weighted by Crippen LogP contribution is -2.66. The summed E-state index contributed by atoms with van der Waals surface area (Å²) >= 11 is 6.49. The molecule has 13 heteroatoms. The normalized spacial score (nSPS) is 26.2. The number of ether oxygens (including phenoxy) is 5. The fraction of sp³-hybridized carbons (Fsp3) is 0.440. The lowest BCUT2D eigenvalue weighted by Gasteiger charge is -2.46. The predicted molar refractivity (Wildman–Crippen MR) is 138 cm³/mol. The molecule has 5 atom stereocenters. The van der Waals surface area contributed by atoms with Crippen LogP contribution in [0.1, 0.15) is 38.8 Å². The van der Waals surface area contributed by atoms with Crippen molar-refractivity contribution in [3.63, 3.8) is 0 Å². The van der Waals surface area contributed by atoms with Gasteiger partial charge in [-0.05, 0) is 18.6 Å². The van der Waals surface area contributed by atoms with Crippen LogP contribution in [0.4, 0.5) is 0 Å². The van der Waals surface area contributed by atoms with E-state index in [1.54, 1.807) is 6.08 Å². The van der Waals surface area contributed by atoms with Crippen molar-refractivity contribution in [1.29, 1.82) is 0 Å². The zero-order valence-corrected chi connectivity index (χ0v) is 23.0. The number of esters is 4. The van der Waals surface area contributed by atoms with E-state index in [1.165, 1.54) is 6.92 Å². The first kappa shape index (κ1) is 29.3. The highest BCUT2D eigenvalue weighted by molar-refractivity contribution is 8.26. The number of aryl methyl sites for hydroxylation is 1. The van der Waals surface area contributed by atoms with Crippen molar-refractivity contribution in [2.75, 3.05) is 6.61 Å². The predicted octanol–water partition coefficient (Wildman–Crippen LogP) is 2.28. The molecule has 2 heterocycles. The van der Waals surface area contributed by atoms with Gasteiger partial charge in [0, 0.05) is 27.7 Å². The molecule has 3 rings (SSSR count). The van der Waals surface area contributed by atoms with Gasteiger partial charge in [-0.2, -0.15) is 0 Å². The Morgan fingerprint density at radius 2 is 1.47 bits per heavy atom. The minimum Gasteiger partial charge on any atom is -0.463 e. The minimum absolute atomic E-state index is 0.0919. The number of rotatable bonds is 7. The van der Waals surface area contributed by atoms with Crippen molar-refractivity contribution in [2.45, 2.75) is 65.3 Å². The second kappa shape index (κ2) is 12.5. The van der Waals surface area contributed by atoms with E-state index in [0.29, 0.717) is 0 Å². The number of hydrogen-bond acceptors (Lipinski definition) is 12. The number of carbonyl (C=O) groups is 5. The summed E-state index contributed by atoms with van der Waals surface area (Å²) in [6, 6.07) is 7.48. The van der Waals surface area contributed by atoms with Gasteiger partial charge in [0.05, 0.1) is 4.91 Å². The summed E-state index contributed by atoms with van der Waals surface area (Å²) in [7, 11) is 0. The summed E-state index contributed by atoms with van der Waals surface area (Å²) in [5, 5.41) is 0. The first-order valence-corrected chi connectivity index (χ1v) is 12.7. The molecule has 0 aromatic heterocycles. The Kier molecular flexibility index (Phi) is 9.63. The summed E-state index contributed by atoms with van der Waals surface area (Å²) in [5.74, 6) is -3.50. The highest BCUT2D eigenvalue weighted by atomic mass is 32.2. The molecule has 1 aromatic rings. The molecule has 2 saturated heterocycles. The molecule has 2 aliphatic rings. The van der Waals surface area contributed by atoms with Gasteiger partial charge >= 0.3 is 23.9 Å². The summed E-state index contributed by atoms with van der Waals surface area (Å²) in [5.41, 5.74) is 1.81. The molecular formula is C25H27NO10S2. The van der Waals surface area contributed by atoms with Crippen molar-refractivity contribution >= 4 is 64.2 Å². The third-order valence-electron chi connectivity index (χ3n) is 5.42. The Labute approximate surface area is 228 Å². The number of thioether (sulfide) groups is 1. The third-order valence-corrected chi connectivity index (χ3v) is 6.75. The van der Waals surface area contributed by atoms with E-state index in [0.717, 1.165) is 48.6 Å². The molecule has 2 fully saturated rings. The fourth-order valence-corrected chi connectivity index (χ4v) is 5.24. The van der Waals surface area contributed by atoms with Crippen LogP contribution in [0.3, 0.4) is 0 Å². The number of carbonyl (C=O) groups excluding carboxylic acids is 5. The summed E-state index contributed by atoms with van der Waals surface area (Å²) in [4.78, 5) is 62.5. The van der Waals surface area contributed by atoms with Crippen molar-refractivity contribution in [3.8, 4) is 0 Å².